The van der Waals surface area contributed by atoms with Gasteiger partial charge in [-0.2, -0.15) is 0 Å². The van der Waals surface area contributed by atoms with Gasteiger partial charge in [0.25, 0.3) is 0 Å². The molecule has 0 amide bonds. The van der Waals surface area contributed by atoms with Gasteiger partial charge >= 0.3 is 11.9 Å². The molecule has 0 spiro atoms. The minimum absolute atomic E-state index is 0.696. The van der Waals surface area contributed by atoms with Gasteiger partial charge in [-0.1, -0.05) is 23.7 Å². The number of rotatable bonds is 7. The summed E-state index contributed by atoms with van der Waals surface area (Å²) in [7, 11) is 0. The number of aromatic nitrogens is 2. The summed E-state index contributed by atoms with van der Waals surface area (Å²) in [5, 5.41) is 15.6. The average molecular weight is 423 g/mol. The fourth-order valence-corrected chi connectivity index (χ4v) is 3.09. The second kappa shape index (κ2) is 11.3. The molecule has 0 bridgehead atoms. The number of fused-ring (bicyclic) bond motifs is 1. The van der Waals surface area contributed by atoms with Crippen molar-refractivity contribution in [3.05, 3.63) is 59.9 Å². The molecule has 0 radical (unpaired) electrons. The Morgan fingerprint density at radius 1 is 1.04 bits per heavy atom. The zero-order valence-electron chi connectivity index (χ0n) is 14.8. The summed E-state index contributed by atoms with van der Waals surface area (Å²) < 4.78 is 7.83. The van der Waals surface area contributed by atoms with Gasteiger partial charge in [0, 0.05) is 22.2 Å². The Kier molecular flexibility index (Phi) is 8.80. The highest BCUT2D eigenvalue weighted by Gasteiger charge is 2.04. The van der Waals surface area contributed by atoms with Crippen LogP contribution in [0.25, 0.3) is 11.0 Å². The lowest BCUT2D eigenvalue weighted by Gasteiger charge is -2.06. The van der Waals surface area contributed by atoms with E-state index in [0.717, 1.165) is 35.0 Å². The van der Waals surface area contributed by atoms with Gasteiger partial charge in [-0.15, -0.1) is 11.8 Å². The zero-order valence-corrected chi connectivity index (χ0v) is 16.4. The fraction of sp³-hybridized carbons (Fsp3) is 0.211. The second-order valence-corrected chi connectivity index (χ2v) is 7.06. The van der Waals surface area contributed by atoms with Crippen molar-refractivity contribution < 1.29 is 24.5 Å². The lowest BCUT2D eigenvalue weighted by molar-refractivity contribution is -0.159. The number of nitrogens with zero attached hydrogens (tertiary/aromatic N) is 2. The summed E-state index contributed by atoms with van der Waals surface area (Å²) in [4.78, 5) is 23.8. The smallest absolute Gasteiger partial charge is 0.414 e. The Hall–Kier alpha value is -2.55. The van der Waals surface area contributed by atoms with E-state index in [-0.39, 0.29) is 0 Å². The molecule has 2 N–H and O–H groups in total. The van der Waals surface area contributed by atoms with Crippen molar-refractivity contribution in [2.75, 3.05) is 19.0 Å². The number of para-hydroxylation sites is 2. The Balaban J connectivity index is 0.000000409. The van der Waals surface area contributed by atoms with Gasteiger partial charge in [-0.05, 0) is 36.4 Å². The lowest BCUT2D eigenvalue weighted by atomic mass is 10.3. The first-order valence-corrected chi connectivity index (χ1v) is 9.66. The predicted octanol–water partition coefficient (Wildman–Crippen LogP) is 3.65. The van der Waals surface area contributed by atoms with Gasteiger partial charge in [0.05, 0.1) is 30.6 Å². The molecule has 1 aromatic heterocycles. The first-order valence-electron chi connectivity index (χ1n) is 8.29. The summed E-state index contributed by atoms with van der Waals surface area (Å²) in [6, 6.07) is 16.0. The van der Waals surface area contributed by atoms with Crippen molar-refractivity contribution in [2.24, 2.45) is 0 Å². The van der Waals surface area contributed by atoms with Crippen molar-refractivity contribution in [1.29, 1.82) is 0 Å². The molecule has 28 heavy (non-hydrogen) atoms. The molecule has 9 heteroatoms. The van der Waals surface area contributed by atoms with E-state index in [1.165, 1.54) is 4.90 Å². The molecule has 148 valence electrons. The third-order valence-corrected chi connectivity index (χ3v) is 4.73. The maximum absolute atomic E-state index is 9.10. The molecule has 7 nitrogen and oxygen atoms in total. The van der Waals surface area contributed by atoms with Gasteiger partial charge in [0.2, 0.25) is 0 Å². The summed E-state index contributed by atoms with van der Waals surface area (Å²) in [5.41, 5.74) is 2.18. The van der Waals surface area contributed by atoms with Gasteiger partial charge < -0.3 is 19.5 Å². The maximum Gasteiger partial charge on any atom is 0.414 e. The molecular weight excluding hydrogens is 404 g/mol. The Labute approximate surface area is 170 Å². The third kappa shape index (κ3) is 7.22. The van der Waals surface area contributed by atoms with E-state index < -0.39 is 11.9 Å². The molecule has 3 rings (SSSR count). The van der Waals surface area contributed by atoms with Gasteiger partial charge in [-0.3, -0.25) is 0 Å². The van der Waals surface area contributed by atoms with E-state index in [9.17, 15) is 0 Å². The number of benzene rings is 2. The minimum Gasteiger partial charge on any atom is -0.473 e. The molecule has 0 atom stereocenters. The van der Waals surface area contributed by atoms with E-state index in [1.807, 2.05) is 48.8 Å². The topological polar surface area (TPSA) is 102 Å². The molecule has 0 saturated carbocycles. The van der Waals surface area contributed by atoms with E-state index in [2.05, 4.69) is 15.6 Å². The molecule has 0 fully saturated rings. The Morgan fingerprint density at radius 3 is 2.39 bits per heavy atom. The number of imidazole rings is 1. The van der Waals surface area contributed by atoms with Crippen LogP contribution in [0.2, 0.25) is 5.02 Å². The lowest BCUT2D eigenvalue weighted by Crippen LogP contribution is -2.09. The van der Waals surface area contributed by atoms with Crippen LogP contribution in [-0.2, 0) is 20.9 Å². The van der Waals surface area contributed by atoms with Crippen molar-refractivity contribution >= 4 is 46.3 Å². The first kappa shape index (κ1) is 21.7. The number of carbonyl (C=O) groups is 2. The number of halogens is 1. The number of carboxylic acid groups (broad SMARTS) is 2. The summed E-state index contributed by atoms with van der Waals surface area (Å²) in [6.07, 6.45) is 1.87. The van der Waals surface area contributed by atoms with E-state index in [4.69, 9.17) is 36.1 Å². The fourth-order valence-electron chi connectivity index (χ4n) is 2.20. The van der Waals surface area contributed by atoms with Crippen LogP contribution in [-0.4, -0.2) is 50.7 Å². The van der Waals surface area contributed by atoms with Crippen LogP contribution in [0.3, 0.4) is 0 Å². The van der Waals surface area contributed by atoms with Gasteiger partial charge in [0.1, 0.15) is 0 Å². The van der Waals surface area contributed by atoms with Crippen LogP contribution in [0, 0.1) is 0 Å². The predicted molar refractivity (Wildman–Crippen MR) is 108 cm³/mol. The highest BCUT2D eigenvalue weighted by atomic mass is 35.5. The number of hydrogen-bond acceptors (Lipinski definition) is 5. The highest BCUT2D eigenvalue weighted by molar-refractivity contribution is 7.99. The van der Waals surface area contributed by atoms with Crippen LogP contribution in [0.4, 0.5) is 0 Å². The van der Waals surface area contributed by atoms with Crippen molar-refractivity contribution in [1.82, 2.24) is 9.55 Å². The molecule has 0 aliphatic rings. The number of ether oxygens (including phenoxy) is 1. The molecule has 3 aromatic rings. The van der Waals surface area contributed by atoms with Crippen molar-refractivity contribution in [3.63, 3.8) is 0 Å². The number of hydrogen-bond donors (Lipinski definition) is 2. The average Bonchev–Trinajstić information content (AvgIpc) is 3.09. The van der Waals surface area contributed by atoms with E-state index >= 15 is 0 Å². The summed E-state index contributed by atoms with van der Waals surface area (Å²) >= 11 is 7.64. The first-order chi connectivity index (χ1) is 13.5. The molecule has 0 aliphatic carbocycles. The van der Waals surface area contributed by atoms with Crippen LogP contribution in [0.1, 0.15) is 0 Å². The standard InChI is InChI=1S/C17H17ClN2OS.C2H2O4/c18-14-5-7-15(8-6-14)22-12-11-21-10-9-20-13-19-16-3-1-2-4-17(16)20;3-1(4)2(5)6/h1-8,13H,9-12H2;(H,3,4)(H,5,6). The number of thioether (sulfide) groups is 1. The second-order valence-electron chi connectivity index (χ2n) is 5.45. The highest BCUT2D eigenvalue weighted by Crippen LogP contribution is 2.20. The molecule has 0 unspecified atom stereocenters. The molecular formula is C19H19ClN2O5S. The zero-order chi connectivity index (χ0) is 20.4. The van der Waals surface area contributed by atoms with E-state index in [0.29, 0.717) is 6.61 Å². The monoisotopic (exact) mass is 422 g/mol. The molecule has 2 aromatic carbocycles. The summed E-state index contributed by atoms with van der Waals surface area (Å²) in [5.74, 6) is -2.71. The maximum atomic E-state index is 9.10. The number of aliphatic carboxylic acids is 2. The quantitative estimate of drug-likeness (QED) is 0.340. The van der Waals surface area contributed by atoms with Gasteiger partial charge in [-0.25, -0.2) is 14.6 Å². The SMILES string of the molecule is Clc1ccc(SCCOCCn2cnc3ccccc32)cc1.O=C(O)C(=O)O. The normalized spacial score (nSPS) is 10.3. The molecule has 1 heterocycles. The van der Waals surface area contributed by atoms with E-state index in [1.54, 1.807) is 11.8 Å². The summed E-state index contributed by atoms with van der Waals surface area (Å²) in [6.45, 7) is 2.26. The van der Waals surface area contributed by atoms with Crippen molar-refractivity contribution in [3.8, 4) is 0 Å². The van der Waals surface area contributed by atoms with Crippen LogP contribution in [0.5, 0.6) is 0 Å². The van der Waals surface area contributed by atoms with Crippen LogP contribution >= 0.6 is 23.4 Å². The van der Waals surface area contributed by atoms with Crippen LogP contribution in [0.15, 0.2) is 59.8 Å². The minimum atomic E-state index is -1.82. The van der Waals surface area contributed by atoms with Gasteiger partial charge in [0.15, 0.2) is 0 Å². The Morgan fingerprint density at radius 2 is 1.71 bits per heavy atom. The number of carboxylic acids is 2. The Bertz CT molecular complexity index is 902. The largest absolute Gasteiger partial charge is 0.473 e. The van der Waals surface area contributed by atoms with Crippen LogP contribution < -0.4 is 0 Å². The molecule has 0 aliphatic heterocycles. The third-order valence-electron chi connectivity index (χ3n) is 3.50. The van der Waals surface area contributed by atoms with Crippen molar-refractivity contribution in [2.45, 2.75) is 11.4 Å². The molecule has 0 saturated heterocycles.